The van der Waals surface area contributed by atoms with E-state index in [0.29, 0.717) is 16.5 Å². The van der Waals surface area contributed by atoms with Gasteiger partial charge in [-0.2, -0.15) is 0 Å². The zero-order valence-corrected chi connectivity index (χ0v) is 15.4. The highest BCUT2D eigenvalue weighted by atomic mass is 79.9. The molecule has 0 amide bonds. The summed E-state index contributed by atoms with van der Waals surface area (Å²) in [5.41, 5.74) is 1.68. The van der Waals surface area contributed by atoms with Crippen LogP contribution in [0.4, 0.5) is 5.69 Å². The van der Waals surface area contributed by atoms with E-state index in [4.69, 9.17) is 0 Å². The SMILES string of the molecule is CCC(C)c1ccccc1NS(=O)(=O)c1cc(Br)sc1C. The molecule has 114 valence electrons. The van der Waals surface area contributed by atoms with Crippen LogP contribution in [0.2, 0.25) is 0 Å². The van der Waals surface area contributed by atoms with Gasteiger partial charge in [0, 0.05) is 4.88 Å². The van der Waals surface area contributed by atoms with Crippen LogP contribution in [0.15, 0.2) is 39.0 Å². The van der Waals surface area contributed by atoms with Gasteiger partial charge in [0.25, 0.3) is 10.0 Å². The second-order valence-corrected chi connectivity index (χ2v) is 9.26. The molecule has 0 aliphatic heterocycles. The first-order valence-corrected chi connectivity index (χ1v) is 9.82. The molecule has 3 nitrogen and oxygen atoms in total. The van der Waals surface area contributed by atoms with E-state index in [1.54, 1.807) is 6.07 Å². The van der Waals surface area contributed by atoms with Crippen molar-refractivity contribution in [1.29, 1.82) is 0 Å². The molecule has 0 aliphatic rings. The van der Waals surface area contributed by atoms with Gasteiger partial charge in [-0.25, -0.2) is 8.42 Å². The van der Waals surface area contributed by atoms with Crippen LogP contribution in [-0.4, -0.2) is 8.42 Å². The highest BCUT2D eigenvalue weighted by Crippen LogP contribution is 2.33. The van der Waals surface area contributed by atoms with E-state index in [1.807, 2.05) is 31.2 Å². The number of anilines is 1. The molecule has 2 rings (SSSR count). The number of sulfonamides is 1. The quantitative estimate of drug-likeness (QED) is 0.772. The summed E-state index contributed by atoms with van der Waals surface area (Å²) in [6.07, 6.45) is 0.960. The third kappa shape index (κ3) is 3.67. The largest absolute Gasteiger partial charge is 0.279 e. The first kappa shape index (κ1) is 16.5. The average molecular weight is 388 g/mol. The molecule has 1 heterocycles. The lowest BCUT2D eigenvalue weighted by Crippen LogP contribution is -2.15. The van der Waals surface area contributed by atoms with Crippen molar-refractivity contribution in [3.05, 3.63) is 44.6 Å². The van der Waals surface area contributed by atoms with Gasteiger partial charge in [-0.3, -0.25) is 4.72 Å². The maximum Gasteiger partial charge on any atom is 0.263 e. The summed E-state index contributed by atoms with van der Waals surface area (Å²) in [4.78, 5) is 1.11. The van der Waals surface area contributed by atoms with Crippen molar-refractivity contribution >= 4 is 43.0 Å². The molecule has 1 aromatic carbocycles. The number of hydrogen-bond acceptors (Lipinski definition) is 3. The van der Waals surface area contributed by atoms with E-state index in [1.165, 1.54) is 11.3 Å². The van der Waals surface area contributed by atoms with E-state index in [9.17, 15) is 8.42 Å². The molecule has 2 aromatic rings. The van der Waals surface area contributed by atoms with E-state index >= 15 is 0 Å². The molecule has 1 atom stereocenters. The van der Waals surface area contributed by atoms with Gasteiger partial charge in [0.2, 0.25) is 0 Å². The minimum atomic E-state index is -3.56. The number of halogens is 1. The highest BCUT2D eigenvalue weighted by Gasteiger charge is 2.21. The van der Waals surface area contributed by atoms with Crippen LogP contribution in [0, 0.1) is 6.92 Å². The normalized spacial score (nSPS) is 13.1. The fourth-order valence-corrected chi connectivity index (χ4v) is 5.64. The topological polar surface area (TPSA) is 46.2 Å². The lowest BCUT2D eigenvalue weighted by atomic mass is 9.97. The number of rotatable bonds is 5. The van der Waals surface area contributed by atoms with E-state index in [-0.39, 0.29) is 0 Å². The van der Waals surface area contributed by atoms with Gasteiger partial charge < -0.3 is 0 Å². The molecule has 6 heteroatoms. The van der Waals surface area contributed by atoms with Crippen molar-refractivity contribution in [3.8, 4) is 0 Å². The van der Waals surface area contributed by atoms with Crippen molar-refractivity contribution < 1.29 is 8.42 Å². The van der Waals surface area contributed by atoms with Crippen LogP contribution in [0.1, 0.15) is 36.6 Å². The maximum absolute atomic E-state index is 12.6. The van der Waals surface area contributed by atoms with Crippen molar-refractivity contribution in [2.24, 2.45) is 0 Å². The summed E-state index contributed by atoms with van der Waals surface area (Å²) in [5.74, 6) is 0.305. The summed E-state index contributed by atoms with van der Waals surface area (Å²) >= 11 is 4.76. The Morgan fingerprint density at radius 3 is 2.57 bits per heavy atom. The summed E-state index contributed by atoms with van der Waals surface area (Å²) in [6.45, 7) is 6.00. The second kappa shape index (κ2) is 6.50. The Hall–Kier alpha value is -0.850. The third-order valence-electron chi connectivity index (χ3n) is 3.48. The van der Waals surface area contributed by atoms with Gasteiger partial charge in [-0.05, 0) is 52.9 Å². The van der Waals surface area contributed by atoms with Crippen LogP contribution in [0.3, 0.4) is 0 Å². The molecular weight excluding hydrogens is 370 g/mol. The molecule has 1 N–H and O–H groups in total. The van der Waals surface area contributed by atoms with Crippen molar-refractivity contribution in [1.82, 2.24) is 0 Å². The standard InChI is InChI=1S/C15H18BrNO2S2/c1-4-10(2)12-7-5-6-8-13(12)17-21(18,19)14-9-15(16)20-11(14)3/h5-10,17H,4H2,1-3H3. The molecular formula is C15H18BrNO2S2. The number of benzene rings is 1. The predicted octanol–water partition coefficient (Wildman–Crippen LogP) is 5.13. The fourth-order valence-electron chi connectivity index (χ4n) is 2.14. The van der Waals surface area contributed by atoms with Crippen LogP contribution in [0.25, 0.3) is 0 Å². The van der Waals surface area contributed by atoms with Crippen LogP contribution in [0.5, 0.6) is 0 Å². The summed E-state index contributed by atoms with van der Waals surface area (Å²) in [7, 11) is -3.56. The lowest BCUT2D eigenvalue weighted by Gasteiger charge is -2.16. The molecule has 21 heavy (non-hydrogen) atoms. The van der Waals surface area contributed by atoms with Crippen LogP contribution >= 0.6 is 27.3 Å². The predicted molar refractivity (Wildman–Crippen MR) is 92.7 cm³/mol. The van der Waals surface area contributed by atoms with Crippen molar-refractivity contribution in [2.45, 2.75) is 38.0 Å². The second-order valence-electron chi connectivity index (χ2n) is 4.97. The van der Waals surface area contributed by atoms with Crippen molar-refractivity contribution in [3.63, 3.8) is 0 Å². The molecule has 1 aromatic heterocycles. The van der Waals surface area contributed by atoms with Crippen LogP contribution < -0.4 is 4.72 Å². The van der Waals surface area contributed by atoms with Gasteiger partial charge in [-0.15, -0.1) is 11.3 Å². The fraction of sp³-hybridized carbons (Fsp3) is 0.333. The maximum atomic E-state index is 12.6. The number of para-hydroxylation sites is 1. The Morgan fingerprint density at radius 2 is 2.00 bits per heavy atom. The van der Waals surface area contributed by atoms with Gasteiger partial charge in [0.05, 0.1) is 9.47 Å². The smallest absolute Gasteiger partial charge is 0.263 e. The highest BCUT2D eigenvalue weighted by molar-refractivity contribution is 9.11. The Bertz CT molecular complexity index is 738. The van der Waals surface area contributed by atoms with Gasteiger partial charge in [-0.1, -0.05) is 32.0 Å². The van der Waals surface area contributed by atoms with E-state index in [2.05, 4.69) is 34.5 Å². The molecule has 0 radical (unpaired) electrons. The Labute approximate surface area is 138 Å². The van der Waals surface area contributed by atoms with Gasteiger partial charge in [0.15, 0.2) is 0 Å². The number of aryl methyl sites for hydroxylation is 1. The summed E-state index contributed by atoms with van der Waals surface area (Å²) < 4.78 is 28.7. The van der Waals surface area contributed by atoms with Crippen molar-refractivity contribution in [2.75, 3.05) is 4.72 Å². The Kier molecular flexibility index (Phi) is 5.11. The zero-order valence-electron chi connectivity index (χ0n) is 12.2. The number of nitrogens with one attached hydrogen (secondary N) is 1. The first-order valence-electron chi connectivity index (χ1n) is 6.72. The first-order chi connectivity index (χ1) is 9.85. The molecule has 1 unspecified atom stereocenters. The monoisotopic (exact) mass is 387 g/mol. The molecule has 0 saturated heterocycles. The minimum absolute atomic E-state index is 0.305. The lowest BCUT2D eigenvalue weighted by molar-refractivity contribution is 0.601. The van der Waals surface area contributed by atoms with Gasteiger partial charge >= 0.3 is 0 Å². The van der Waals surface area contributed by atoms with E-state index in [0.717, 1.165) is 20.6 Å². The molecule has 0 spiro atoms. The molecule has 0 bridgehead atoms. The third-order valence-corrected chi connectivity index (χ3v) is 6.65. The van der Waals surface area contributed by atoms with E-state index < -0.39 is 10.0 Å². The molecule has 0 fully saturated rings. The van der Waals surface area contributed by atoms with Crippen LogP contribution in [-0.2, 0) is 10.0 Å². The average Bonchev–Trinajstić information content (AvgIpc) is 2.78. The Balaban J connectivity index is 2.40. The number of hydrogen-bond donors (Lipinski definition) is 1. The van der Waals surface area contributed by atoms with Gasteiger partial charge in [0.1, 0.15) is 4.90 Å². The summed E-state index contributed by atoms with van der Waals surface area (Å²) in [5, 5.41) is 0. The summed E-state index contributed by atoms with van der Waals surface area (Å²) in [6, 6.07) is 9.22. The Morgan fingerprint density at radius 1 is 1.33 bits per heavy atom. The zero-order chi connectivity index (χ0) is 15.6. The molecule has 0 saturated carbocycles. The molecule has 0 aliphatic carbocycles. The minimum Gasteiger partial charge on any atom is -0.279 e. The number of thiophene rings is 1.